The van der Waals surface area contributed by atoms with Crippen LogP contribution in [0.3, 0.4) is 0 Å². The van der Waals surface area contributed by atoms with E-state index in [1.807, 2.05) is 12.1 Å². The highest BCUT2D eigenvalue weighted by Gasteiger charge is 2.05. The van der Waals surface area contributed by atoms with Gasteiger partial charge in [0.25, 0.3) is 0 Å². The van der Waals surface area contributed by atoms with E-state index in [9.17, 15) is 4.79 Å². The summed E-state index contributed by atoms with van der Waals surface area (Å²) in [5, 5.41) is 3.55. The molecule has 6 heteroatoms. The Labute approximate surface area is 134 Å². The Balaban J connectivity index is 2.05. The van der Waals surface area contributed by atoms with Gasteiger partial charge in [0.15, 0.2) is 5.15 Å². The van der Waals surface area contributed by atoms with Gasteiger partial charge in [0.1, 0.15) is 0 Å². The first kappa shape index (κ1) is 15.0. The standard InChI is InChI=1S/C14H9BrCl2N2O/c15-10-7-12(14(17)18-8-10)19-13(20)6-3-9-1-4-11(16)5-2-9/h1-8H,(H,19,20)/b6-3+. The zero-order valence-electron chi connectivity index (χ0n) is 10.1. The molecule has 0 aliphatic carbocycles. The third-order valence-corrected chi connectivity index (χ3v) is 3.35. The lowest BCUT2D eigenvalue weighted by Gasteiger charge is -2.04. The Bertz CT molecular complexity index is 657. The molecule has 0 fully saturated rings. The molecule has 0 radical (unpaired) electrons. The Morgan fingerprint density at radius 3 is 2.65 bits per heavy atom. The van der Waals surface area contributed by atoms with Crippen LogP contribution >= 0.6 is 39.1 Å². The largest absolute Gasteiger partial charge is 0.320 e. The summed E-state index contributed by atoms with van der Waals surface area (Å²) in [7, 11) is 0. The fraction of sp³-hybridized carbons (Fsp3) is 0. The summed E-state index contributed by atoms with van der Waals surface area (Å²) in [6.45, 7) is 0. The molecule has 0 saturated carbocycles. The Hall–Kier alpha value is -1.36. The summed E-state index contributed by atoms with van der Waals surface area (Å²) in [5.74, 6) is -0.290. The number of amides is 1. The molecular weight excluding hydrogens is 363 g/mol. The van der Waals surface area contributed by atoms with Gasteiger partial charge in [-0.1, -0.05) is 35.3 Å². The number of carbonyl (C=O) groups excluding carboxylic acids is 1. The van der Waals surface area contributed by atoms with Crippen molar-refractivity contribution in [2.24, 2.45) is 0 Å². The smallest absolute Gasteiger partial charge is 0.248 e. The fourth-order valence-corrected chi connectivity index (χ4v) is 2.04. The molecule has 1 aromatic heterocycles. The quantitative estimate of drug-likeness (QED) is 0.621. The summed E-state index contributed by atoms with van der Waals surface area (Å²) >= 11 is 14.9. The molecule has 20 heavy (non-hydrogen) atoms. The number of carbonyl (C=O) groups is 1. The third kappa shape index (κ3) is 4.34. The predicted octanol–water partition coefficient (Wildman–Crippen LogP) is 4.80. The number of hydrogen-bond acceptors (Lipinski definition) is 2. The van der Waals surface area contributed by atoms with Crippen LogP contribution in [-0.2, 0) is 4.79 Å². The second-order valence-electron chi connectivity index (χ2n) is 3.87. The van der Waals surface area contributed by atoms with E-state index in [-0.39, 0.29) is 11.1 Å². The van der Waals surface area contributed by atoms with Crippen LogP contribution in [0.2, 0.25) is 10.2 Å². The SMILES string of the molecule is O=C(/C=C/c1ccc(Cl)cc1)Nc1cc(Br)cnc1Cl. The van der Waals surface area contributed by atoms with Gasteiger partial charge in [-0.15, -0.1) is 0 Å². The Morgan fingerprint density at radius 2 is 1.95 bits per heavy atom. The van der Waals surface area contributed by atoms with Crippen LogP contribution in [0.1, 0.15) is 5.56 Å². The van der Waals surface area contributed by atoms with Gasteiger partial charge in [-0.05, 0) is 45.8 Å². The van der Waals surface area contributed by atoms with Crippen LogP contribution < -0.4 is 5.32 Å². The highest BCUT2D eigenvalue weighted by molar-refractivity contribution is 9.10. The minimum absolute atomic E-state index is 0.237. The minimum atomic E-state index is -0.290. The van der Waals surface area contributed by atoms with Crippen molar-refractivity contribution in [1.29, 1.82) is 0 Å². The van der Waals surface area contributed by atoms with Crippen molar-refractivity contribution in [2.45, 2.75) is 0 Å². The van der Waals surface area contributed by atoms with E-state index < -0.39 is 0 Å². The second-order valence-corrected chi connectivity index (χ2v) is 5.58. The number of hydrogen-bond donors (Lipinski definition) is 1. The van der Waals surface area contributed by atoms with Crippen LogP contribution in [0.15, 0.2) is 47.1 Å². The minimum Gasteiger partial charge on any atom is -0.320 e. The molecule has 2 aromatic rings. The number of halogens is 3. The molecule has 0 bridgehead atoms. The van der Waals surface area contributed by atoms with Crippen molar-refractivity contribution in [3.63, 3.8) is 0 Å². The zero-order valence-corrected chi connectivity index (χ0v) is 13.2. The molecule has 1 aromatic carbocycles. The van der Waals surface area contributed by atoms with Gasteiger partial charge in [-0.3, -0.25) is 4.79 Å². The molecule has 0 unspecified atom stereocenters. The lowest BCUT2D eigenvalue weighted by molar-refractivity contribution is -0.111. The van der Waals surface area contributed by atoms with E-state index in [1.54, 1.807) is 30.5 Å². The van der Waals surface area contributed by atoms with Crippen LogP contribution in [0, 0.1) is 0 Å². The van der Waals surface area contributed by atoms with E-state index in [0.29, 0.717) is 10.7 Å². The first-order chi connectivity index (χ1) is 9.54. The van der Waals surface area contributed by atoms with Gasteiger partial charge < -0.3 is 5.32 Å². The maximum absolute atomic E-state index is 11.8. The highest BCUT2D eigenvalue weighted by Crippen LogP contribution is 2.22. The topological polar surface area (TPSA) is 42.0 Å². The van der Waals surface area contributed by atoms with Crippen LogP contribution in [0.25, 0.3) is 6.08 Å². The molecule has 3 nitrogen and oxygen atoms in total. The third-order valence-electron chi connectivity index (χ3n) is 2.36. The van der Waals surface area contributed by atoms with E-state index in [1.165, 1.54) is 6.08 Å². The van der Waals surface area contributed by atoms with Crippen LogP contribution in [-0.4, -0.2) is 10.9 Å². The molecule has 0 aliphatic heterocycles. The number of benzene rings is 1. The zero-order chi connectivity index (χ0) is 14.5. The van der Waals surface area contributed by atoms with Crippen molar-refractivity contribution in [1.82, 2.24) is 4.98 Å². The van der Waals surface area contributed by atoms with Gasteiger partial charge in [0.2, 0.25) is 5.91 Å². The number of aromatic nitrogens is 1. The molecule has 2 rings (SSSR count). The van der Waals surface area contributed by atoms with Gasteiger partial charge in [0.05, 0.1) is 5.69 Å². The summed E-state index contributed by atoms with van der Waals surface area (Å²) in [6.07, 6.45) is 4.66. The molecule has 0 spiro atoms. The summed E-state index contributed by atoms with van der Waals surface area (Å²) in [6, 6.07) is 8.84. The average Bonchev–Trinajstić information content (AvgIpc) is 2.42. The summed E-state index contributed by atoms with van der Waals surface area (Å²) in [5.41, 5.74) is 1.33. The number of anilines is 1. The van der Waals surface area contributed by atoms with Crippen molar-refractivity contribution in [3.8, 4) is 0 Å². The van der Waals surface area contributed by atoms with E-state index in [4.69, 9.17) is 23.2 Å². The number of nitrogens with one attached hydrogen (secondary N) is 1. The monoisotopic (exact) mass is 370 g/mol. The highest BCUT2D eigenvalue weighted by atomic mass is 79.9. The molecule has 1 heterocycles. The van der Waals surface area contributed by atoms with Crippen molar-refractivity contribution in [2.75, 3.05) is 5.32 Å². The predicted molar refractivity (Wildman–Crippen MR) is 86.1 cm³/mol. The van der Waals surface area contributed by atoms with E-state index in [0.717, 1.165) is 10.0 Å². The van der Waals surface area contributed by atoms with E-state index >= 15 is 0 Å². The second kappa shape index (κ2) is 6.88. The lowest BCUT2D eigenvalue weighted by atomic mass is 10.2. The van der Waals surface area contributed by atoms with Crippen molar-refractivity contribution < 1.29 is 4.79 Å². The number of nitrogens with zero attached hydrogens (tertiary/aromatic N) is 1. The Morgan fingerprint density at radius 1 is 1.25 bits per heavy atom. The molecule has 0 aliphatic rings. The molecule has 102 valence electrons. The van der Waals surface area contributed by atoms with Gasteiger partial charge >= 0.3 is 0 Å². The lowest BCUT2D eigenvalue weighted by Crippen LogP contribution is -2.08. The molecule has 0 atom stereocenters. The molecule has 1 amide bonds. The molecular formula is C14H9BrCl2N2O. The summed E-state index contributed by atoms with van der Waals surface area (Å²) in [4.78, 5) is 15.7. The fourth-order valence-electron chi connectivity index (χ4n) is 1.43. The first-order valence-electron chi connectivity index (χ1n) is 5.60. The van der Waals surface area contributed by atoms with Crippen molar-refractivity contribution >= 4 is 56.8 Å². The molecule has 1 N–H and O–H groups in total. The number of rotatable bonds is 3. The van der Waals surface area contributed by atoms with Crippen molar-refractivity contribution in [3.05, 3.63) is 62.8 Å². The van der Waals surface area contributed by atoms with Crippen LogP contribution in [0.4, 0.5) is 5.69 Å². The van der Waals surface area contributed by atoms with Gasteiger partial charge in [0, 0.05) is 21.8 Å². The van der Waals surface area contributed by atoms with Gasteiger partial charge in [-0.25, -0.2) is 4.98 Å². The van der Waals surface area contributed by atoms with Gasteiger partial charge in [-0.2, -0.15) is 0 Å². The maximum Gasteiger partial charge on any atom is 0.248 e. The Kier molecular flexibility index (Phi) is 5.17. The average molecular weight is 372 g/mol. The van der Waals surface area contributed by atoms with E-state index in [2.05, 4.69) is 26.2 Å². The number of pyridine rings is 1. The normalized spacial score (nSPS) is 10.8. The van der Waals surface area contributed by atoms with Crippen LogP contribution in [0.5, 0.6) is 0 Å². The molecule has 0 saturated heterocycles. The summed E-state index contributed by atoms with van der Waals surface area (Å²) < 4.78 is 0.735. The first-order valence-corrected chi connectivity index (χ1v) is 7.15. The maximum atomic E-state index is 11.8.